The van der Waals surface area contributed by atoms with Crippen LogP contribution in [0.2, 0.25) is 0 Å². The summed E-state index contributed by atoms with van der Waals surface area (Å²) < 4.78 is 23.8. The number of allylic oxidation sites excluding steroid dienone is 6. The summed E-state index contributed by atoms with van der Waals surface area (Å²) in [5, 5.41) is 33.5. The maximum atomic E-state index is 14.3. The van der Waals surface area contributed by atoms with Crippen molar-refractivity contribution in [1.29, 1.82) is 0 Å². The molecule has 13 nitrogen and oxygen atoms in total. The molecule has 354 valence electrons. The predicted molar refractivity (Wildman–Crippen MR) is 239 cm³/mol. The van der Waals surface area contributed by atoms with Crippen molar-refractivity contribution in [2.45, 2.75) is 180 Å². The summed E-state index contributed by atoms with van der Waals surface area (Å²) in [4.78, 5) is 71.1. The second kappa shape index (κ2) is 24.3. The third kappa shape index (κ3) is 14.3. The summed E-state index contributed by atoms with van der Waals surface area (Å²) >= 11 is 0. The number of nitrogens with zero attached hydrogens (tertiary/aromatic N) is 1. The van der Waals surface area contributed by atoms with Gasteiger partial charge in [-0.2, -0.15) is 0 Å². The summed E-state index contributed by atoms with van der Waals surface area (Å²) in [6.07, 6.45) is 13.0. The fraction of sp³-hybridized carbons (Fsp3) is 0.740. The molecule has 1 saturated carbocycles. The lowest BCUT2D eigenvalue weighted by Crippen LogP contribution is -2.61. The number of aliphatic hydroxyl groups excluding tert-OH is 2. The van der Waals surface area contributed by atoms with Crippen LogP contribution in [0.25, 0.3) is 0 Å². The van der Waals surface area contributed by atoms with Crippen LogP contribution in [0.5, 0.6) is 0 Å². The number of carbonyl (C=O) groups excluding carboxylic acids is 5. The van der Waals surface area contributed by atoms with Crippen LogP contribution in [-0.4, -0.2) is 119 Å². The van der Waals surface area contributed by atoms with Gasteiger partial charge in [-0.05, 0) is 107 Å². The summed E-state index contributed by atoms with van der Waals surface area (Å²) in [7, 11) is 3.15. The zero-order valence-electron chi connectivity index (χ0n) is 39.3. The van der Waals surface area contributed by atoms with Gasteiger partial charge >= 0.3 is 5.97 Å². The number of ether oxygens (including phenoxy) is 4. The molecular formula is C50H77NO12. The van der Waals surface area contributed by atoms with Crippen molar-refractivity contribution in [3.8, 4) is 0 Å². The minimum absolute atomic E-state index is 0.0725. The second-order valence-corrected chi connectivity index (χ2v) is 19.3. The Morgan fingerprint density at radius 3 is 2.27 bits per heavy atom. The molecule has 3 aliphatic heterocycles. The molecular weight excluding hydrogens is 807 g/mol. The first kappa shape index (κ1) is 52.3. The van der Waals surface area contributed by atoms with Gasteiger partial charge in [0, 0.05) is 57.8 Å². The second-order valence-electron chi connectivity index (χ2n) is 19.3. The van der Waals surface area contributed by atoms with Crippen LogP contribution in [0.4, 0.5) is 0 Å². The highest BCUT2D eigenvalue weighted by atomic mass is 16.6. The third-order valence-corrected chi connectivity index (χ3v) is 14.2. The van der Waals surface area contributed by atoms with Crippen LogP contribution in [0.15, 0.2) is 47.6 Å². The highest BCUT2D eigenvalue weighted by Crippen LogP contribution is 2.37. The minimum Gasteiger partial charge on any atom is -0.460 e. The lowest BCUT2D eigenvalue weighted by atomic mass is 9.78. The van der Waals surface area contributed by atoms with Crippen molar-refractivity contribution >= 4 is 29.2 Å². The Morgan fingerprint density at radius 1 is 0.841 bits per heavy atom. The van der Waals surface area contributed by atoms with E-state index in [4.69, 9.17) is 18.9 Å². The number of fused-ring (bicyclic) bond motifs is 3. The molecule has 0 aromatic carbocycles. The Hall–Kier alpha value is -3.33. The molecule has 3 N–H and O–H groups in total. The lowest BCUT2D eigenvalue weighted by molar-refractivity contribution is -0.265. The van der Waals surface area contributed by atoms with Crippen molar-refractivity contribution in [1.82, 2.24) is 4.90 Å². The van der Waals surface area contributed by atoms with Gasteiger partial charge in [-0.3, -0.25) is 19.2 Å². The highest BCUT2D eigenvalue weighted by Gasteiger charge is 2.53. The van der Waals surface area contributed by atoms with E-state index >= 15 is 0 Å². The van der Waals surface area contributed by atoms with Crippen LogP contribution in [-0.2, 0) is 42.9 Å². The van der Waals surface area contributed by atoms with Crippen molar-refractivity contribution in [3.63, 3.8) is 0 Å². The van der Waals surface area contributed by atoms with E-state index in [1.54, 1.807) is 41.1 Å². The molecule has 0 aromatic rings. The number of ketones is 3. The van der Waals surface area contributed by atoms with Gasteiger partial charge in [0.15, 0.2) is 0 Å². The number of aliphatic hydroxyl groups is 3. The molecule has 0 spiro atoms. The molecule has 4 aliphatic rings. The van der Waals surface area contributed by atoms with Gasteiger partial charge in [0.25, 0.3) is 11.7 Å². The first-order valence-corrected chi connectivity index (χ1v) is 23.4. The largest absolute Gasteiger partial charge is 0.460 e. The number of hydrogen-bond donors (Lipinski definition) is 3. The predicted octanol–water partition coefficient (Wildman–Crippen LogP) is 6.56. The van der Waals surface area contributed by atoms with Gasteiger partial charge in [0.2, 0.25) is 5.79 Å². The standard InChI is InChI=1S/C50H77NO12/c1-30-15-11-10-12-16-31(2)44(60-8)27-38-20-18-36(7)50(59,63-38)47(56)48(57)51-22-14-13-17-39(51)49(58)62-45(35(6)25-37-19-21-40(52)46(26-37)61-9)29-43(55)34(5)24-33(4)42(54)28-41(53)32(3)23-30/h10-12,15-16,24,30,32,34-40,42,44-46,52,54,59H,13-14,17-23,25-29H2,1-9H3/b12-10+,15-11+,31-16+,33-24+/t30-,32-,34-,35-,36-,37-,38+,39+,40-,42+,44+,45+,46-,50-/m1/s1. The van der Waals surface area contributed by atoms with E-state index in [0.717, 1.165) is 12.0 Å². The molecule has 2 bridgehead atoms. The minimum atomic E-state index is -2.42. The van der Waals surface area contributed by atoms with Gasteiger partial charge in [-0.25, -0.2) is 4.79 Å². The Bertz CT molecular complexity index is 1700. The summed E-state index contributed by atoms with van der Waals surface area (Å²) in [5.41, 5.74) is 1.39. The third-order valence-electron chi connectivity index (χ3n) is 14.2. The van der Waals surface area contributed by atoms with E-state index < -0.39 is 71.8 Å². The summed E-state index contributed by atoms with van der Waals surface area (Å²) in [6.45, 7) is 12.9. The maximum absolute atomic E-state index is 14.3. The van der Waals surface area contributed by atoms with Crippen LogP contribution >= 0.6 is 0 Å². The number of cyclic esters (lactones) is 1. The molecule has 0 radical (unpaired) electrons. The smallest absolute Gasteiger partial charge is 0.329 e. The van der Waals surface area contributed by atoms with Crippen LogP contribution < -0.4 is 0 Å². The van der Waals surface area contributed by atoms with Gasteiger partial charge < -0.3 is 39.2 Å². The number of hydrogen-bond acceptors (Lipinski definition) is 12. The molecule has 4 rings (SSSR count). The molecule has 13 heteroatoms. The fourth-order valence-electron chi connectivity index (χ4n) is 9.78. The Balaban J connectivity index is 1.67. The molecule has 1 aliphatic carbocycles. The molecule has 14 atom stereocenters. The molecule has 2 saturated heterocycles. The van der Waals surface area contributed by atoms with E-state index in [-0.39, 0.29) is 67.1 Å². The van der Waals surface area contributed by atoms with Gasteiger partial charge in [0.05, 0.1) is 30.5 Å². The fourth-order valence-corrected chi connectivity index (χ4v) is 9.78. The molecule has 0 aromatic heterocycles. The molecule has 1 amide bonds. The quantitative estimate of drug-likeness (QED) is 0.154. The van der Waals surface area contributed by atoms with Gasteiger partial charge in [0.1, 0.15) is 23.7 Å². The van der Waals surface area contributed by atoms with Crippen LogP contribution in [0, 0.1) is 35.5 Å². The van der Waals surface area contributed by atoms with E-state index in [1.807, 2.05) is 58.1 Å². The average Bonchev–Trinajstić information content (AvgIpc) is 3.25. The van der Waals surface area contributed by atoms with E-state index in [1.165, 1.54) is 4.90 Å². The van der Waals surface area contributed by atoms with Crippen LogP contribution in [0.3, 0.4) is 0 Å². The summed E-state index contributed by atoms with van der Waals surface area (Å²) in [5.74, 6) is -7.36. The van der Waals surface area contributed by atoms with Gasteiger partial charge in [-0.15, -0.1) is 0 Å². The number of piperidine rings is 1. The zero-order valence-corrected chi connectivity index (χ0v) is 39.3. The van der Waals surface area contributed by atoms with Crippen molar-refractivity contribution in [2.24, 2.45) is 35.5 Å². The zero-order chi connectivity index (χ0) is 46.6. The Kier molecular flexibility index (Phi) is 20.1. The normalized spacial score (nSPS) is 40.1. The van der Waals surface area contributed by atoms with Gasteiger partial charge in [-0.1, -0.05) is 71.1 Å². The maximum Gasteiger partial charge on any atom is 0.329 e. The monoisotopic (exact) mass is 884 g/mol. The number of amides is 1. The SMILES string of the molecule is CO[C@H]1C[C@@H]2CC[C@@H](C)[C@@](O)(O2)C(=O)C(=O)N2CCCC[C@H]2C(=O)O[C@H]([C@H](C)C[C@H]2CC[C@@H](O)[C@H](OC)C2)CC(=O)[C@H](C)/C=C(\C)[C@@H](O)CC(=O)[C@H](C)C[C@H](C)/C=C/C=C/C=C/1C. The number of Topliss-reactive ketones (excluding diaryl/α,β-unsaturated/α-hetero) is 3. The first-order valence-electron chi connectivity index (χ1n) is 23.4. The van der Waals surface area contributed by atoms with Crippen molar-refractivity contribution in [3.05, 3.63) is 47.6 Å². The number of rotatable bonds is 5. The molecule has 3 heterocycles. The highest BCUT2D eigenvalue weighted by molar-refractivity contribution is 6.39. The van der Waals surface area contributed by atoms with Crippen molar-refractivity contribution in [2.75, 3.05) is 20.8 Å². The average molecular weight is 884 g/mol. The number of methoxy groups -OCH3 is 2. The lowest BCUT2D eigenvalue weighted by Gasteiger charge is -2.42. The molecule has 0 unspecified atom stereocenters. The van der Waals surface area contributed by atoms with Crippen molar-refractivity contribution < 1.29 is 58.2 Å². The molecule has 3 fully saturated rings. The van der Waals surface area contributed by atoms with E-state index in [2.05, 4.69) is 0 Å². The number of carbonyl (C=O) groups is 5. The first-order chi connectivity index (χ1) is 29.8. The summed E-state index contributed by atoms with van der Waals surface area (Å²) in [6, 6.07) is -1.12. The number of esters is 1. The molecule has 63 heavy (non-hydrogen) atoms. The van der Waals surface area contributed by atoms with Crippen LogP contribution in [0.1, 0.15) is 132 Å². The van der Waals surface area contributed by atoms with E-state index in [9.17, 15) is 39.3 Å². The topological polar surface area (TPSA) is 186 Å². The Labute approximate surface area is 375 Å². The van der Waals surface area contributed by atoms with E-state index in [0.29, 0.717) is 63.4 Å². The Morgan fingerprint density at radius 2 is 1.57 bits per heavy atom.